The zero-order chi connectivity index (χ0) is 22.3. The molecule has 1 saturated heterocycles. The molecule has 1 spiro atoms. The first-order valence-electron chi connectivity index (χ1n) is 10.3. The fraction of sp³-hybridized carbons (Fsp3) is 0.250. The summed E-state index contributed by atoms with van der Waals surface area (Å²) in [7, 11) is 0. The number of ether oxygens (including phenoxy) is 2. The Kier molecular flexibility index (Phi) is 4.82. The van der Waals surface area contributed by atoms with Crippen molar-refractivity contribution in [3.05, 3.63) is 77.6 Å². The second-order valence-electron chi connectivity index (χ2n) is 7.78. The van der Waals surface area contributed by atoms with Crippen LogP contribution in [0.3, 0.4) is 0 Å². The monoisotopic (exact) mass is 435 g/mol. The summed E-state index contributed by atoms with van der Waals surface area (Å²) in [4.78, 5) is 14.7. The van der Waals surface area contributed by atoms with E-state index in [0.717, 1.165) is 11.4 Å². The zero-order valence-corrected chi connectivity index (χ0v) is 17.0. The molecule has 0 bridgehead atoms. The SMILES string of the molecule is N#Cc1ccc2n1-c1ccccc1OC21CCN(C(=O)c2ccccc2OC(F)F)CC1. The Labute approximate surface area is 183 Å². The van der Waals surface area contributed by atoms with Crippen molar-refractivity contribution >= 4 is 5.91 Å². The van der Waals surface area contributed by atoms with Crippen LogP contribution in [0, 0.1) is 11.3 Å². The van der Waals surface area contributed by atoms with Gasteiger partial charge in [-0.15, -0.1) is 0 Å². The molecular weight excluding hydrogens is 416 g/mol. The number of aromatic nitrogens is 1. The summed E-state index contributed by atoms with van der Waals surface area (Å²) < 4.78 is 38.4. The number of hydrogen-bond acceptors (Lipinski definition) is 4. The number of carbonyl (C=O) groups excluding carboxylic acids is 1. The lowest BCUT2D eigenvalue weighted by atomic mass is 9.86. The van der Waals surface area contributed by atoms with Gasteiger partial charge in [0, 0.05) is 25.9 Å². The van der Waals surface area contributed by atoms with Crippen molar-refractivity contribution in [2.24, 2.45) is 0 Å². The average molecular weight is 435 g/mol. The molecule has 1 aromatic heterocycles. The summed E-state index contributed by atoms with van der Waals surface area (Å²) in [5.41, 5.74) is 1.63. The highest BCUT2D eigenvalue weighted by Gasteiger charge is 2.45. The molecule has 1 amide bonds. The number of nitrogens with zero attached hydrogens (tertiary/aromatic N) is 3. The van der Waals surface area contributed by atoms with Crippen LogP contribution in [0.25, 0.3) is 5.69 Å². The highest BCUT2D eigenvalue weighted by Crippen LogP contribution is 2.46. The molecule has 3 heterocycles. The van der Waals surface area contributed by atoms with Crippen molar-refractivity contribution in [2.75, 3.05) is 13.1 Å². The van der Waals surface area contributed by atoms with E-state index in [1.165, 1.54) is 12.1 Å². The molecule has 0 radical (unpaired) electrons. The van der Waals surface area contributed by atoms with Crippen molar-refractivity contribution in [1.29, 1.82) is 5.26 Å². The second-order valence-corrected chi connectivity index (χ2v) is 7.78. The van der Waals surface area contributed by atoms with Crippen LogP contribution < -0.4 is 9.47 Å². The van der Waals surface area contributed by atoms with Gasteiger partial charge >= 0.3 is 6.61 Å². The number of nitriles is 1. The number of piperidine rings is 1. The second kappa shape index (κ2) is 7.68. The number of hydrogen-bond donors (Lipinski definition) is 0. The number of rotatable bonds is 3. The van der Waals surface area contributed by atoms with E-state index in [1.54, 1.807) is 23.1 Å². The highest BCUT2D eigenvalue weighted by molar-refractivity contribution is 5.97. The Morgan fingerprint density at radius 3 is 2.53 bits per heavy atom. The highest BCUT2D eigenvalue weighted by atomic mass is 19.3. The Morgan fingerprint density at radius 2 is 1.78 bits per heavy atom. The summed E-state index contributed by atoms with van der Waals surface area (Å²) in [6, 6.07) is 19.5. The third-order valence-corrected chi connectivity index (χ3v) is 6.07. The number of likely N-dealkylation sites (tertiary alicyclic amines) is 1. The first-order valence-corrected chi connectivity index (χ1v) is 10.3. The predicted molar refractivity (Wildman–Crippen MR) is 111 cm³/mol. The fourth-order valence-electron chi connectivity index (χ4n) is 4.57. The quantitative estimate of drug-likeness (QED) is 0.609. The van der Waals surface area contributed by atoms with Gasteiger partial charge in [-0.3, -0.25) is 9.36 Å². The van der Waals surface area contributed by atoms with Crippen molar-refractivity contribution in [1.82, 2.24) is 9.47 Å². The number of carbonyl (C=O) groups is 1. The Bertz CT molecular complexity index is 1220. The number of para-hydroxylation sites is 3. The number of fused-ring (bicyclic) bond motifs is 4. The van der Waals surface area contributed by atoms with Gasteiger partial charge < -0.3 is 14.4 Å². The van der Waals surface area contributed by atoms with E-state index >= 15 is 0 Å². The molecule has 0 aliphatic carbocycles. The van der Waals surface area contributed by atoms with E-state index < -0.39 is 12.2 Å². The normalized spacial score (nSPS) is 16.1. The van der Waals surface area contributed by atoms with Crippen LogP contribution in [0.1, 0.15) is 34.6 Å². The fourth-order valence-corrected chi connectivity index (χ4v) is 4.57. The minimum absolute atomic E-state index is 0.105. The maximum Gasteiger partial charge on any atom is 0.387 e. The van der Waals surface area contributed by atoms with Gasteiger partial charge in [-0.2, -0.15) is 14.0 Å². The van der Waals surface area contributed by atoms with E-state index in [-0.39, 0.29) is 17.2 Å². The lowest BCUT2D eigenvalue weighted by Crippen LogP contribution is -2.50. The number of benzene rings is 2. The first-order chi connectivity index (χ1) is 15.5. The molecule has 1 fully saturated rings. The van der Waals surface area contributed by atoms with Gasteiger partial charge in [-0.25, -0.2) is 0 Å². The van der Waals surface area contributed by atoms with Crippen LogP contribution in [0.15, 0.2) is 60.7 Å². The number of alkyl halides is 2. The molecule has 0 N–H and O–H groups in total. The van der Waals surface area contributed by atoms with E-state index in [9.17, 15) is 18.8 Å². The smallest absolute Gasteiger partial charge is 0.387 e. The third kappa shape index (κ3) is 3.17. The molecule has 2 aliphatic heterocycles. The molecule has 0 saturated carbocycles. The van der Waals surface area contributed by atoms with Gasteiger partial charge in [0.25, 0.3) is 5.91 Å². The molecular formula is C24H19F2N3O3. The van der Waals surface area contributed by atoms with Crippen LogP contribution in [0.4, 0.5) is 8.78 Å². The maximum absolute atomic E-state index is 13.1. The third-order valence-electron chi connectivity index (χ3n) is 6.07. The van der Waals surface area contributed by atoms with Crippen LogP contribution >= 0.6 is 0 Å². The molecule has 0 atom stereocenters. The lowest BCUT2D eigenvalue weighted by Gasteiger charge is -2.45. The van der Waals surface area contributed by atoms with Gasteiger partial charge in [0.15, 0.2) is 5.60 Å². The van der Waals surface area contributed by atoms with Gasteiger partial charge in [0.1, 0.15) is 23.3 Å². The minimum Gasteiger partial charge on any atom is -0.479 e. The van der Waals surface area contributed by atoms with Gasteiger partial charge in [-0.1, -0.05) is 24.3 Å². The summed E-state index contributed by atoms with van der Waals surface area (Å²) >= 11 is 0. The predicted octanol–water partition coefficient (Wildman–Crippen LogP) is 4.47. The topological polar surface area (TPSA) is 67.5 Å². The number of halogens is 2. The van der Waals surface area contributed by atoms with Gasteiger partial charge in [0.05, 0.1) is 16.9 Å². The largest absolute Gasteiger partial charge is 0.479 e. The molecule has 162 valence electrons. The van der Waals surface area contributed by atoms with E-state index in [4.69, 9.17) is 4.74 Å². The van der Waals surface area contributed by atoms with Crippen LogP contribution in [-0.2, 0) is 5.60 Å². The lowest BCUT2D eigenvalue weighted by molar-refractivity contribution is -0.0504. The van der Waals surface area contributed by atoms with Crippen LogP contribution in [0.5, 0.6) is 11.5 Å². The number of amides is 1. The van der Waals surface area contributed by atoms with Crippen molar-refractivity contribution in [2.45, 2.75) is 25.1 Å². The maximum atomic E-state index is 13.1. The van der Waals surface area contributed by atoms with E-state index in [1.807, 2.05) is 34.9 Å². The van der Waals surface area contributed by atoms with Crippen molar-refractivity contribution in [3.63, 3.8) is 0 Å². The summed E-state index contributed by atoms with van der Waals surface area (Å²) in [6.07, 6.45) is 1.000. The molecule has 6 nitrogen and oxygen atoms in total. The first kappa shape index (κ1) is 20.1. The molecule has 5 rings (SSSR count). The summed E-state index contributed by atoms with van der Waals surface area (Å²) in [5, 5.41) is 9.59. The minimum atomic E-state index is -3.01. The van der Waals surface area contributed by atoms with E-state index in [2.05, 4.69) is 10.8 Å². The molecule has 3 aromatic rings. The molecule has 8 heteroatoms. The van der Waals surface area contributed by atoms with Crippen molar-refractivity contribution in [3.8, 4) is 23.3 Å². The molecule has 2 aliphatic rings. The van der Waals surface area contributed by atoms with Gasteiger partial charge in [-0.05, 0) is 36.4 Å². The molecule has 2 aromatic carbocycles. The van der Waals surface area contributed by atoms with E-state index in [0.29, 0.717) is 37.4 Å². The summed E-state index contributed by atoms with van der Waals surface area (Å²) in [6.45, 7) is -2.26. The Hall–Kier alpha value is -3.86. The van der Waals surface area contributed by atoms with Crippen LogP contribution in [-0.4, -0.2) is 35.1 Å². The standard InChI is InChI=1S/C24H19F2N3O3/c25-23(26)31-19-7-3-1-5-17(19)22(30)28-13-11-24(12-14-28)21-10-9-16(15-27)29(21)18-6-2-4-8-20(18)32-24/h1-10,23H,11-14H2. The molecule has 0 unspecified atom stereocenters. The average Bonchev–Trinajstić information content (AvgIpc) is 3.25. The summed E-state index contributed by atoms with van der Waals surface area (Å²) in [5.74, 6) is 0.187. The van der Waals surface area contributed by atoms with Crippen LogP contribution in [0.2, 0.25) is 0 Å². The Balaban J connectivity index is 1.43. The zero-order valence-electron chi connectivity index (χ0n) is 17.0. The molecule has 32 heavy (non-hydrogen) atoms. The van der Waals surface area contributed by atoms with Gasteiger partial charge in [0.2, 0.25) is 0 Å². The Morgan fingerprint density at radius 1 is 1.06 bits per heavy atom. The van der Waals surface area contributed by atoms with Crippen molar-refractivity contribution < 1.29 is 23.0 Å².